The summed E-state index contributed by atoms with van der Waals surface area (Å²) in [4.78, 5) is 14.1. The van der Waals surface area contributed by atoms with Gasteiger partial charge in [0.2, 0.25) is 0 Å². The topological polar surface area (TPSA) is 38.1 Å². The molecule has 0 amide bonds. The van der Waals surface area contributed by atoms with Gasteiger partial charge in [-0.1, -0.05) is 36.4 Å². The van der Waals surface area contributed by atoms with Crippen molar-refractivity contribution < 1.29 is 0 Å². The van der Waals surface area contributed by atoms with Crippen molar-refractivity contribution in [3.05, 3.63) is 78.1 Å². The fourth-order valence-corrected chi connectivity index (χ4v) is 3.48. The highest BCUT2D eigenvalue weighted by Gasteiger charge is 2.15. The van der Waals surface area contributed by atoms with Crippen LogP contribution >= 0.6 is 0 Å². The molecule has 1 aliphatic heterocycles. The van der Waals surface area contributed by atoms with Gasteiger partial charge in [-0.2, -0.15) is 0 Å². The van der Waals surface area contributed by atoms with Gasteiger partial charge in [0.1, 0.15) is 0 Å². The van der Waals surface area contributed by atoms with Crippen molar-refractivity contribution in [1.29, 1.82) is 0 Å². The lowest BCUT2D eigenvalue weighted by Gasteiger charge is -2.03. The molecule has 120 valence electrons. The van der Waals surface area contributed by atoms with Crippen molar-refractivity contribution in [1.82, 2.24) is 9.97 Å². The molecule has 0 radical (unpaired) electrons. The van der Waals surface area contributed by atoms with Gasteiger partial charge in [0.25, 0.3) is 0 Å². The first-order valence-corrected chi connectivity index (χ1v) is 8.64. The number of aromatic nitrogens is 2. The minimum absolute atomic E-state index is 0.879. The number of para-hydroxylation sites is 2. The Hall–Kier alpha value is -3.07. The minimum atomic E-state index is 0.879. The fraction of sp³-hybridized carbons (Fsp3) is 0.136. The van der Waals surface area contributed by atoms with Gasteiger partial charge in [-0.25, -0.2) is 4.98 Å². The molecule has 3 nitrogen and oxygen atoms in total. The number of aliphatic imine (C=N–C) groups is 1. The zero-order valence-electron chi connectivity index (χ0n) is 13.8. The molecule has 1 aliphatic rings. The Balaban J connectivity index is 1.36. The van der Waals surface area contributed by atoms with Gasteiger partial charge in [0, 0.05) is 18.3 Å². The minimum Gasteiger partial charge on any atom is -0.257 e. The van der Waals surface area contributed by atoms with Crippen LogP contribution in [0.3, 0.4) is 0 Å². The molecule has 0 atom stereocenters. The van der Waals surface area contributed by atoms with Crippen LogP contribution in [0.25, 0.3) is 21.8 Å². The molecule has 0 bridgehead atoms. The molecule has 5 rings (SSSR count). The molecule has 0 spiro atoms. The molecule has 0 aliphatic carbocycles. The van der Waals surface area contributed by atoms with Gasteiger partial charge in [-0.15, -0.1) is 0 Å². The van der Waals surface area contributed by atoms with Crippen molar-refractivity contribution in [2.24, 2.45) is 4.99 Å². The van der Waals surface area contributed by atoms with E-state index in [2.05, 4.69) is 41.4 Å². The summed E-state index contributed by atoms with van der Waals surface area (Å²) in [5.41, 5.74) is 6.63. The molecule has 1 aromatic heterocycles. The number of fused-ring (bicyclic) bond motifs is 3. The Morgan fingerprint density at radius 2 is 1.56 bits per heavy atom. The summed E-state index contributed by atoms with van der Waals surface area (Å²) in [5.74, 6) is 0. The molecule has 2 heterocycles. The van der Waals surface area contributed by atoms with E-state index in [9.17, 15) is 0 Å². The molecular weight excluding hydrogens is 306 g/mol. The number of hydrogen-bond donors (Lipinski definition) is 0. The summed E-state index contributed by atoms with van der Waals surface area (Å²) in [7, 11) is 0. The van der Waals surface area contributed by atoms with Crippen molar-refractivity contribution in [2.45, 2.75) is 19.3 Å². The largest absolute Gasteiger partial charge is 0.257 e. The van der Waals surface area contributed by atoms with Crippen LogP contribution in [0.5, 0.6) is 0 Å². The molecule has 0 unspecified atom stereocenters. The van der Waals surface area contributed by atoms with Crippen LogP contribution in [0.15, 0.2) is 71.9 Å². The number of rotatable bonds is 3. The summed E-state index contributed by atoms with van der Waals surface area (Å²) in [5, 5.41) is 2.55. The van der Waals surface area contributed by atoms with E-state index in [-0.39, 0.29) is 0 Å². The maximum atomic E-state index is 4.85. The van der Waals surface area contributed by atoms with Crippen molar-refractivity contribution in [2.75, 3.05) is 0 Å². The van der Waals surface area contributed by atoms with Crippen LogP contribution < -0.4 is 0 Å². The Morgan fingerprint density at radius 1 is 0.800 bits per heavy atom. The second-order valence-corrected chi connectivity index (χ2v) is 6.53. The molecular formula is C22H17N3. The van der Waals surface area contributed by atoms with E-state index in [0.29, 0.717) is 0 Å². The monoisotopic (exact) mass is 323 g/mol. The summed E-state index contributed by atoms with van der Waals surface area (Å²) >= 11 is 0. The van der Waals surface area contributed by atoms with E-state index < -0.39 is 0 Å². The van der Waals surface area contributed by atoms with E-state index >= 15 is 0 Å². The highest BCUT2D eigenvalue weighted by atomic mass is 14.8. The number of aryl methyl sites for hydroxylation is 1. The van der Waals surface area contributed by atoms with Gasteiger partial charge in [0.15, 0.2) is 0 Å². The third kappa shape index (κ3) is 2.68. The summed E-state index contributed by atoms with van der Waals surface area (Å²) in [6.45, 7) is 0. The SMILES string of the molecule is c1ccc2cc3c(cc2c1)CC(CCc1cnc2ccccc2n1)=N3. The lowest BCUT2D eigenvalue weighted by Crippen LogP contribution is -2.02. The summed E-state index contributed by atoms with van der Waals surface area (Å²) in [6.07, 6.45) is 4.64. The molecule has 3 aromatic carbocycles. The predicted octanol–water partition coefficient (Wildman–Crippen LogP) is 5.04. The lowest BCUT2D eigenvalue weighted by atomic mass is 10.0. The van der Waals surface area contributed by atoms with Gasteiger partial charge >= 0.3 is 0 Å². The maximum absolute atomic E-state index is 4.85. The highest BCUT2D eigenvalue weighted by Crippen LogP contribution is 2.32. The molecule has 0 N–H and O–H groups in total. The Bertz CT molecular complexity index is 1130. The van der Waals surface area contributed by atoms with Gasteiger partial charge in [0.05, 0.1) is 22.4 Å². The summed E-state index contributed by atoms with van der Waals surface area (Å²) < 4.78 is 0. The van der Waals surface area contributed by atoms with E-state index in [1.807, 2.05) is 30.5 Å². The average molecular weight is 323 g/mol. The van der Waals surface area contributed by atoms with E-state index in [1.165, 1.54) is 22.0 Å². The predicted molar refractivity (Wildman–Crippen MR) is 103 cm³/mol. The normalized spacial score (nSPS) is 13.2. The molecule has 0 fully saturated rings. The Morgan fingerprint density at radius 3 is 2.44 bits per heavy atom. The first-order chi connectivity index (χ1) is 12.3. The van der Waals surface area contributed by atoms with Crippen LogP contribution in [0.2, 0.25) is 0 Å². The van der Waals surface area contributed by atoms with Crippen LogP contribution in [0.1, 0.15) is 17.7 Å². The Labute approximate surface area is 146 Å². The van der Waals surface area contributed by atoms with Crippen LogP contribution in [-0.4, -0.2) is 15.7 Å². The molecule has 25 heavy (non-hydrogen) atoms. The third-order valence-electron chi connectivity index (χ3n) is 4.79. The smallest absolute Gasteiger partial charge is 0.0890 e. The van der Waals surface area contributed by atoms with E-state index in [1.54, 1.807) is 0 Å². The van der Waals surface area contributed by atoms with E-state index in [4.69, 9.17) is 9.98 Å². The fourth-order valence-electron chi connectivity index (χ4n) is 3.48. The molecule has 4 aromatic rings. The van der Waals surface area contributed by atoms with Gasteiger partial charge < -0.3 is 0 Å². The highest BCUT2D eigenvalue weighted by molar-refractivity contribution is 5.98. The van der Waals surface area contributed by atoms with E-state index in [0.717, 1.165) is 41.7 Å². The molecule has 0 saturated heterocycles. The summed E-state index contributed by atoms with van der Waals surface area (Å²) in [6, 6.07) is 21.0. The quantitative estimate of drug-likeness (QED) is 0.529. The van der Waals surface area contributed by atoms with Gasteiger partial charge in [-0.05, 0) is 53.4 Å². The first kappa shape index (κ1) is 14.3. The zero-order valence-corrected chi connectivity index (χ0v) is 13.8. The number of nitrogens with zero attached hydrogens (tertiary/aromatic N) is 3. The zero-order chi connectivity index (χ0) is 16.6. The Kier molecular flexibility index (Phi) is 3.30. The van der Waals surface area contributed by atoms with Crippen LogP contribution in [0, 0.1) is 0 Å². The second kappa shape index (κ2) is 5.78. The number of benzene rings is 3. The first-order valence-electron chi connectivity index (χ1n) is 8.64. The van der Waals surface area contributed by atoms with Crippen LogP contribution in [0.4, 0.5) is 5.69 Å². The van der Waals surface area contributed by atoms with Crippen molar-refractivity contribution >= 4 is 33.2 Å². The molecule has 0 saturated carbocycles. The van der Waals surface area contributed by atoms with Gasteiger partial charge in [-0.3, -0.25) is 9.98 Å². The number of hydrogen-bond acceptors (Lipinski definition) is 3. The maximum Gasteiger partial charge on any atom is 0.0890 e. The van der Waals surface area contributed by atoms with Crippen molar-refractivity contribution in [3.8, 4) is 0 Å². The van der Waals surface area contributed by atoms with Crippen LogP contribution in [-0.2, 0) is 12.8 Å². The lowest BCUT2D eigenvalue weighted by molar-refractivity contribution is 0.959. The van der Waals surface area contributed by atoms with Crippen molar-refractivity contribution in [3.63, 3.8) is 0 Å². The standard InChI is InChI=1S/C22H17N3/c1-2-6-16-13-22-17(11-15(16)5-1)12-18(24-22)9-10-19-14-23-20-7-3-4-8-21(20)25-19/h1-8,11,13-14H,9-10,12H2. The third-order valence-corrected chi connectivity index (χ3v) is 4.79. The molecule has 3 heteroatoms. The average Bonchev–Trinajstić information content (AvgIpc) is 3.06. The second-order valence-electron chi connectivity index (χ2n) is 6.53.